The van der Waals surface area contributed by atoms with E-state index in [0.717, 1.165) is 0 Å². The smallest absolute Gasteiger partial charge is 0.362 e. The highest BCUT2D eigenvalue weighted by molar-refractivity contribution is 6.02. The fraction of sp³-hybridized carbons (Fsp3) is 0.292. The third kappa shape index (κ3) is 4.97. The number of hydrogen-bond donors (Lipinski definition) is 0. The number of aryl methyl sites for hydroxylation is 1. The molecule has 2 aromatic heterocycles. The van der Waals surface area contributed by atoms with Crippen LogP contribution >= 0.6 is 0 Å². The van der Waals surface area contributed by atoms with Crippen molar-refractivity contribution in [1.82, 2.24) is 20.1 Å². The number of carbonyl (C=O) groups excluding carboxylic acids is 2. The molecular weight excluding hydrogens is 484 g/mol. The van der Waals surface area contributed by atoms with E-state index in [1.54, 1.807) is 37.3 Å². The minimum absolute atomic E-state index is 0.00498. The van der Waals surface area contributed by atoms with Crippen molar-refractivity contribution in [3.05, 3.63) is 76.7 Å². The second-order valence-electron chi connectivity index (χ2n) is 8.11. The van der Waals surface area contributed by atoms with Gasteiger partial charge in [-0.1, -0.05) is 18.2 Å². The van der Waals surface area contributed by atoms with Gasteiger partial charge < -0.3 is 14.4 Å². The quantitative estimate of drug-likeness (QED) is 0.255. The van der Waals surface area contributed by atoms with Crippen LogP contribution in [0.4, 0.5) is 17.6 Å². The zero-order chi connectivity index (χ0) is 26.0. The summed E-state index contributed by atoms with van der Waals surface area (Å²) in [5, 5.41) is 7.66. The summed E-state index contributed by atoms with van der Waals surface area (Å²) >= 11 is 0. The average Bonchev–Trinajstić information content (AvgIpc) is 3.19. The molecule has 1 atom stereocenters. The van der Waals surface area contributed by atoms with Crippen molar-refractivity contribution in [3.8, 4) is 11.6 Å². The molecule has 4 rings (SSSR count). The highest BCUT2D eigenvalue weighted by Gasteiger charge is 2.42. The number of alkyl halides is 4. The largest absolute Gasteiger partial charge is 0.470 e. The summed E-state index contributed by atoms with van der Waals surface area (Å²) in [5.74, 6) is -5.40. The molecule has 0 spiro atoms. The lowest BCUT2D eigenvalue weighted by Crippen LogP contribution is -2.34. The minimum atomic E-state index is -4.33. The Bertz CT molecular complexity index is 1290. The number of rotatable bonds is 8. The third-order valence-corrected chi connectivity index (χ3v) is 5.60. The molecule has 1 aliphatic heterocycles. The van der Waals surface area contributed by atoms with Crippen LogP contribution in [-0.2, 0) is 6.54 Å². The molecule has 8 nitrogen and oxygen atoms in total. The van der Waals surface area contributed by atoms with Crippen LogP contribution in [0.2, 0.25) is 0 Å². The second-order valence-corrected chi connectivity index (χ2v) is 8.11. The number of pyridine rings is 1. The lowest BCUT2D eigenvalue weighted by Gasteiger charge is -2.24. The van der Waals surface area contributed by atoms with Crippen molar-refractivity contribution in [3.63, 3.8) is 0 Å². The predicted octanol–water partition coefficient (Wildman–Crippen LogP) is 4.40. The van der Waals surface area contributed by atoms with Gasteiger partial charge in [0.2, 0.25) is 5.88 Å². The Balaban J connectivity index is 1.51. The number of para-hydroxylation sites is 1. The van der Waals surface area contributed by atoms with Gasteiger partial charge in [0.25, 0.3) is 5.91 Å². The highest BCUT2D eigenvalue weighted by Crippen LogP contribution is 2.33. The molecule has 1 amide bonds. The maximum Gasteiger partial charge on any atom is 0.362 e. The number of esters is 1. The van der Waals surface area contributed by atoms with Gasteiger partial charge in [0, 0.05) is 29.4 Å². The molecule has 188 valence electrons. The Labute approximate surface area is 202 Å². The summed E-state index contributed by atoms with van der Waals surface area (Å²) in [6.45, 7) is 1.66. The number of carbonyl (C=O) groups is 2. The standard InChI is InChI=1S/C24H20F4N4O4/c1-13-10-18(30-31-20(13)35-12-24(27,28)23(25)26)14(2)32-11-17-16(21(32)33)8-9-29-19(17)22(34)36-15-6-4-3-5-7-15/h3-10,14,23H,11-12H2,1-2H3. The number of halogens is 4. The first-order valence-electron chi connectivity index (χ1n) is 10.8. The molecule has 0 saturated heterocycles. The van der Waals surface area contributed by atoms with Gasteiger partial charge in [0.1, 0.15) is 5.75 Å². The maximum absolute atomic E-state index is 13.2. The van der Waals surface area contributed by atoms with Crippen LogP contribution in [0.25, 0.3) is 0 Å². The number of fused-ring (bicyclic) bond motifs is 1. The van der Waals surface area contributed by atoms with E-state index in [9.17, 15) is 27.2 Å². The Hall–Kier alpha value is -4.09. The van der Waals surface area contributed by atoms with Gasteiger partial charge in [-0.15, -0.1) is 10.2 Å². The van der Waals surface area contributed by atoms with Crippen LogP contribution < -0.4 is 9.47 Å². The number of benzene rings is 1. The van der Waals surface area contributed by atoms with E-state index in [4.69, 9.17) is 9.47 Å². The molecule has 3 aromatic rings. The summed E-state index contributed by atoms with van der Waals surface area (Å²) in [7, 11) is 0. The van der Waals surface area contributed by atoms with Gasteiger partial charge in [-0.05, 0) is 38.1 Å². The first kappa shape index (κ1) is 25.0. The molecule has 0 saturated carbocycles. The van der Waals surface area contributed by atoms with E-state index in [1.807, 2.05) is 0 Å². The van der Waals surface area contributed by atoms with Crippen LogP contribution in [-0.4, -0.2) is 50.9 Å². The van der Waals surface area contributed by atoms with E-state index in [0.29, 0.717) is 17.0 Å². The Morgan fingerprint density at radius 1 is 1.17 bits per heavy atom. The Morgan fingerprint density at radius 2 is 1.89 bits per heavy atom. The number of nitrogens with zero attached hydrogens (tertiary/aromatic N) is 4. The summed E-state index contributed by atoms with van der Waals surface area (Å²) in [4.78, 5) is 31.4. The second kappa shape index (κ2) is 9.88. The summed E-state index contributed by atoms with van der Waals surface area (Å²) in [6, 6.07) is 10.8. The fourth-order valence-electron chi connectivity index (χ4n) is 3.61. The number of amides is 1. The molecule has 0 N–H and O–H groups in total. The Kier molecular flexibility index (Phi) is 6.86. The van der Waals surface area contributed by atoms with Crippen molar-refractivity contribution in [2.24, 2.45) is 0 Å². The van der Waals surface area contributed by atoms with Crippen molar-refractivity contribution in [1.29, 1.82) is 0 Å². The van der Waals surface area contributed by atoms with Gasteiger partial charge >= 0.3 is 18.3 Å². The van der Waals surface area contributed by atoms with E-state index in [2.05, 4.69) is 15.2 Å². The van der Waals surface area contributed by atoms with E-state index in [-0.39, 0.29) is 35.2 Å². The van der Waals surface area contributed by atoms with Crippen LogP contribution in [0.1, 0.15) is 50.6 Å². The molecule has 36 heavy (non-hydrogen) atoms. The van der Waals surface area contributed by atoms with E-state index >= 15 is 0 Å². The first-order chi connectivity index (χ1) is 17.1. The monoisotopic (exact) mass is 504 g/mol. The van der Waals surface area contributed by atoms with Crippen LogP contribution in [0.5, 0.6) is 11.6 Å². The molecule has 0 fully saturated rings. The van der Waals surface area contributed by atoms with Crippen LogP contribution in [0, 0.1) is 6.92 Å². The topological polar surface area (TPSA) is 94.5 Å². The number of hydrogen-bond acceptors (Lipinski definition) is 7. The molecule has 0 radical (unpaired) electrons. The molecule has 0 bridgehead atoms. The summed E-state index contributed by atoms with van der Waals surface area (Å²) in [5.41, 5.74) is 1.27. The van der Waals surface area contributed by atoms with Crippen LogP contribution in [0.3, 0.4) is 0 Å². The Morgan fingerprint density at radius 3 is 2.56 bits per heavy atom. The van der Waals surface area contributed by atoms with Gasteiger partial charge in [0.15, 0.2) is 12.3 Å². The molecule has 1 aromatic carbocycles. The molecule has 1 aliphatic rings. The minimum Gasteiger partial charge on any atom is -0.470 e. The average molecular weight is 504 g/mol. The van der Waals surface area contributed by atoms with Crippen LogP contribution in [0.15, 0.2) is 48.7 Å². The van der Waals surface area contributed by atoms with Crippen molar-refractivity contribution < 1.29 is 36.6 Å². The molecule has 1 unspecified atom stereocenters. The van der Waals surface area contributed by atoms with Gasteiger partial charge in [0.05, 0.1) is 11.7 Å². The number of aromatic nitrogens is 3. The molecule has 3 heterocycles. The first-order valence-corrected chi connectivity index (χ1v) is 10.8. The van der Waals surface area contributed by atoms with Crippen molar-refractivity contribution in [2.75, 3.05) is 6.61 Å². The van der Waals surface area contributed by atoms with Gasteiger partial charge in [-0.2, -0.15) is 8.78 Å². The molecule has 0 aliphatic carbocycles. The normalized spacial score (nSPS) is 14.1. The lowest BCUT2D eigenvalue weighted by molar-refractivity contribution is -0.148. The maximum atomic E-state index is 13.2. The van der Waals surface area contributed by atoms with Gasteiger partial charge in [-0.25, -0.2) is 18.6 Å². The third-order valence-electron chi connectivity index (χ3n) is 5.60. The molecule has 12 heteroatoms. The number of ether oxygens (including phenoxy) is 2. The van der Waals surface area contributed by atoms with Gasteiger partial charge in [-0.3, -0.25) is 4.79 Å². The highest BCUT2D eigenvalue weighted by atomic mass is 19.3. The van der Waals surface area contributed by atoms with Crippen molar-refractivity contribution in [2.45, 2.75) is 38.8 Å². The van der Waals surface area contributed by atoms with E-state index in [1.165, 1.54) is 30.2 Å². The molecular formula is C24H20F4N4O4. The summed E-state index contributed by atoms with van der Waals surface area (Å²) in [6.07, 6.45) is -2.53. The zero-order valence-electron chi connectivity index (χ0n) is 19.1. The SMILES string of the molecule is Cc1cc(C(C)N2Cc3c(ccnc3C(=O)Oc3ccccc3)C2=O)nnc1OCC(F)(F)C(F)F. The predicted molar refractivity (Wildman–Crippen MR) is 117 cm³/mol. The van der Waals surface area contributed by atoms with E-state index < -0.39 is 31.0 Å². The van der Waals surface area contributed by atoms with Crippen molar-refractivity contribution >= 4 is 11.9 Å². The summed E-state index contributed by atoms with van der Waals surface area (Å²) < 4.78 is 61.1. The zero-order valence-corrected chi connectivity index (χ0v) is 19.1. The fourth-order valence-corrected chi connectivity index (χ4v) is 3.61. The lowest BCUT2D eigenvalue weighted by atomic mass is 10.1.